The van der Waals surface area contributed by atoms with Gasteiger partial charge in [-0.25, -0.2) is 15.0 Å². The normalized spacial score (nSPS) is 13.2. The minimum absolute atomic E-state index is 0.0167. The third kappa shape index (κ3) is 3.68. The highest BCUT2D eigenvalue weighted by Gasteiger charge is 2.30. The minimum atomic E-state index is -0.0167. The lowest BCUT2D eigenvalue weighted by Gasteiger charge is -2.15. The van der Waals surface area contributed by atoms with Gasteiger partial charge in [-0.3, -0.25) is 9.48 Å². The van der Waals surface area contributed by atoms with Gasteiger partial charge in [0, 0.05) is 26.1 Å². The zero-order valence-corrected chi connectivity index (χ0v) is 17.9. The van der Waals surface area contributed by atoms with Gasteiger partial charge >= 0.3 is 0 Å². The highest BCUT2D eigenvalue weighted by Crippen LogP contribution is 2.38. The van der Waals surface area contributed by atoms with Crippen LogP contribution in [0, 0.1) is 5.92 Å². The maximum atomic E-state index is 12.3. The van der Waals surface area contributed by atoms with E-state index in [0.29, 0.717) is 45.9 Å². The molecule has 0 radical (unpaired) electrons. The van der Waals surface area contributed by atoms with Gasteiger partial charge in [-0.05, 0) is 25.0 Å². The molecule has 3 heterocycles. The number of para-hydroxylation sites is 1. The first-order valence-electron chi connectivity index (χ1n) is 10.2. The second kappa shape index (κ2) is 7.84. The third-order valence-electron chi connectivity index (χ3n) is 5.22. The number of imidazole rings is 1. The first kappa shape index (κ1) is 19.8. The van der Waals surface area contributed by atoms with E-state index in [1.54, 1.807) is 31.2 Å². The number of benzene rings is 1. The Balaban J connectivity index is 1.57. The molecule has 1 fully saturated rings. The van der Waals surface area contributed by atoms with Gasteiger partial charge in [-0.2, -0.15) is 5.10 Å². The number of H-pyrrole nitrogens is 1. The number of nitrogens with zero attached hydrogens (tertiary/aromatic N) is 5. The average Bonchev–Trinajstić information content (AvgIpc) is 3.42. The standard InChI is InChI=1S/C21H23N9O2/c1-22-21-27-16-14(9-15(25-19(16)28-21)26-20(31)11-7-8-11)24-13-6-4-5-12(17(13)32-3)18-23-10-30(2)29-18/h4-6,9-11H,7-8H2,1-3H3,(H4,22,24,25,26,27,28,31). The van der Waals surface area contributed by atoms with Gasteiger partial charge in [-0.1, -0.05) is 6.07 Å². The van der Waals surface area contributed by atoms with Crippen molar-refractivity contribution in [3.63, 3.8) is 0 Å². The average molecular weight is 433 g/mol. The third-order valence-corrected chi connectivity index (χ3v) is 5.22. The fourth-order valence-electron chi connectivity index (χ4n) is 3.48. The molecule has 0 bridgehead atoms. The SMILES string of the molecule is CNc1nc2c(Nc3cccc(-c4ncn(C)n4)c3OC)cc(NC(=O)C3CC3)nc2[nH]1. The van der Waals surface area contributed by atoms with Gasteiger partial charge < -0.3 is 25.7 Å². The molecule has 0 spiro atoms. The van der Waals surface area contributed by atoms with E-state index in [4.69, 9.17) is 4.74 Å². The lowest BCUT2D eigenvalue weighted by atomic mass is 10.1. The van der Waals surface area contributed by atoms with Crippen LogP contribution in [0.15, 0.2) is 30.6 Å². The molecule has 1 amide bonds. The molecule has 3 aromatic heterocycles. The van der Waals surface area contributed by atoms with E-state index < -0.39 is 0 Å². The minimum Gasteiger partial charge on any atom is -0.494 e. The highest BCUT2D eigenvalue weighted by atomic mass is 16.5. The fraction of sp³-hybridized carbons (Fsp3) is 0.286. The number of carbonyl (C=O) groups excluding carboxylic acids is 1. The number of aromatic nitrogens is 6. The number of aromatic amines is 1. The molecular formula is C21H23N9O2. The van der Waals surface area contributed by atoms with E-state index in [-0.39, 0.29) is 11.8 Å². The van der Waals surface area contributed by atoms with Gasteiger partial charge in [0.15, 0.2) is 17.2 Å². The molecule has 1 saturated carbocycles. The number of methoxy groups -OCH3 is 1. The second-order valence-electron chi connectivity index (χ2n) is 7.60. The monoisotopic (exact) mass is 433 g/mol. The van der Waals surface area contributed by atoms with Crippen molar-refractivity contribution < 1.29 is 9.53 Å². The second-order valence-corrected chi connectivity index (χ2v) is 7.60. The molecule has 11 nitrogen and oxygen atoms in total. The molecule has 164 valence electrons. The van der Waals surface area contributed by atoms with Crippen LogP contribution >= 0.6 is 0 Å². The van der Waals surface area contributed by atoms with E-state index >= 15 is 0 Å². The van der Waals surface area contributed by atoms with Crippen LogP contribution < -0.4 is 20.7 Å². The van der Waals surface area contributed by atoms with E-state index in [0.717, 1.165) is 18.4 Å². The summed E-state index contributed by atoms with van der Waals surface area (Å²) in [6.45, 7) is 0. The Labute approximate surface area is 183 Å². The summed E-state index contributed by atoms with van der Waals surface area (Å²) in [4.78, 5) is 28.8. The Kier molecular flexibility index (Phi) is 4.85. The lowest BCUT2D eigenvalue weighted by molar-refractivity contribution is -0.117. The summed E-state index contributed by atoms with van der Waals surface area (Å²) in [6, 6.07) is 7.46. The molecule has 32 heavy (non-hydrogen) atoms. The molecule has 1 aliphatic rings. The predicted molar refractivity (Wildman–Crippen MR) is 121 cm³/mol. The molecule has 4 aromatic rings. The number of ether oxygens (including phenoxy) is 1. The van der Waals surface area contributed by atoms with E-state index in [9.17, 15) is 4.79 Å². The van der Waals surface area contributed by atoms with E-state index in [1.807, 2.05) is 25.2 Å². The Bertz CT molecular complexity index is 1310. The topological polar surface area (TPSA) is 135 Å². The Morgan fingerprint density at radius 3 is 2.78 bits per heavy atom. The number of aryl methyl sites for hydroxylation is 1. The van der Waals surface area contributed by atoms with E-state index in [2.05, 4.69) is 41.0 Å². The number of pyridine rings is 1. The van der Waals surface area contributed by atoms with E-state index in [1.165, 1.54) is 0 Å². The fourth-order valence-corrected chi connectivity index (χ4v) is 3.48. The van der Waals surface area contributed by atoms with Crippen LogP contribution in [0.2, 0.25) is 0 Å². The van der Waals surface area contributed by atoms with Crippen molar-refractivity contribution in [3.05, 3.63) is 30.6 Å². The first-order valence-corrected chi connectivity index (χ1v) is 10.2. The van der Waals surface area contributed by atoms with Crippen molar-refractivity contribution in [2.45, 2.75) is 12.8 Å². The maximum absolute atomic E-state index is 12.3. The Hall–Kier alpha value is -4.15. The highest BCUT2D eigenvalue weighted by molar-refractivity contribution is 5.97. The number of carbonyl (C=O) groups is 1. The maximum Gasteiger partial charge on any atom is 0.228 e. The van der Waals surface area contributed by atoms with Crippen LogP contribution in [-0.4, -0.2) is 49.8 Å². The Morgan fingerprint density at radius 2 is 2.09 bits per heavy atom. The zero-order valence-electron chi connectivity index (χ0n) is 17.9. The first-order chi connectivity index (χ1) is 15.6. The molecule has 11 heteroatoms. The molecule has 0 atom stereocenters. The van der Waals surface area contributed by atoms with Crippen LogP contribution in [0.4, 0.5) is 23.1 Å². The number of fused-ring (bicyclic) bond motifs is 1. The number of nitrogens with one attached hydrogen (secondary N) is 4. The van der Waals surface area contributed by atoms with Gasteiger partial charge in [0.1, 0.15) is 17.7 Å². The number of rotatable bonds is 7. The number of hydrogen-bond donors (Lipinski definition) is 4. The van der Waals surface area contributed by atoms with Gasteiger partial charge in [0.05, 0.1) is 24.0 Å². The zero-order chi connectivity index (χ0) is 22.2. The molecule has 4 N–H and O–H groups in total. The van der Waals surface area contributed by atoms with Crippen molar-refractivity contribution in [3.8, 4) is 17.1 Å². The molecule has 0 aliphatic heterocycles. The van der Waals surface area contributed by atoms with Crippen LogP contribution in [0.1, 0.15) is 12.8 Å². The molecule has 1 aromatic carbocycles. The number of amides is 1. The number of hydrogen-bond acceptors (Lipinski definition) is 8. The van der Waals surface area contributed by atoms with Crippen molar-refractivity contribution in [2.24, 2.45) is 13.0 Å². The van der Waals surface area contributed by atoms with Crippen molar-refractivity contribution in [2.75, 3.05) is 30.1 Å². The van der Waals surface area contributed by atoms with Crippen molar-refractivity contribution in [1.82, 2.24) is 29.7 Å². The largest absolute Gasteiger partial charge is 0.494 e. The molecule has 0 unspecified atom stereocenters. The Morgan fingerprint density at radius 1 is 1.25 bits per heavy atom. The van der Waals surface area contributed by atoms with Crippen molar-refractivity contribution in [1.29, 1.82) is 0 Å². The molecule has 0 saturated heterocycles. The molecule has 1 aliphatic carbocycles. The quantitative estimate of drug-likeness (QED) is 0.349. The summed E-state index contributed by atoms with van der Waals surface area (Å²) in [5.74, 6) is 2.22. The van der Waals surface area contributed by atoms with Crippen molar-refractivity contribution >= 4 is 40.2 Å². The van der Waals surface area contributed by atoms with Gasteiger partial charge in [0.2, 0.25) is 11.9 Å². The summed E-state index contributed by atoms with van der Waals surface area (Å²) in [5.41, 5.74) is 3.31. The molecular weight excluding hydrogens is 410 g/mol. The van der Waals surface area contributed by atoms with Crippen LogP contribution in [-0.2, 0) is 11.8 Å². The summed E-state index contributed by atoms with van der Waals surface area (Å²) in [7, 11) is 5.18. The van der Waals surface area contributed by atoms with Crippen LogP contribution in [0.25, 0.3) is 22.6 Å². The molecule has 5 rings (SSSR count). The smallest absolute Gasteiger partial charge is 0.228 e. The van der Waals surface area contributed by atoms with Crippen LogP contribution in [0.5, 0.6) is 5.75 Å². The van der Waals surface area contributed by atoms with Crippen LogP contribution in [0.3, 0.4) is 0 Å². The summed E-state index contributed by atoms with van der Waals surface area (Å²) < 4.78 is 7.35. The summed E-state index contributed by atoms with van der Waals surface area (Å²) >= 11 is 0. The predicted octanol–water partition coefficient (Wildman–Crippen LogP) is 2.90. The number of anilines is 4. The lowest BCUT2D eigenvalue weighted by Crippen LogP contribution is -2.14. The summed E-state index contributed by atoms with van der Waals surface area (Å²) in [6.07, 6.45) is 3.47. The summed E-state index contributed by atoms with van der Waals surface area (Å²) in [5, 5.41) is 13.7. The van der Waals surface area contributed by atoms with Gasteiger partial charge in [0.25, 0.3) is 0 Å². The van der Waals surface area contributed by atoms with Gasteiger partial charge in [-0.15, -0.1) is 0 Å².